The van der Waals surface area contributed by atoms with Crippen molar-refractivity contribution in [2.75, 3.05) is 13.7 Å². The zero-order valence-corrected chi connectivity index (χ0v) is 9.55. The van der Waals surface area contributed by atoms with Gasteiger partial charge in [-0.1, -0.05) is 11.6 Å². The topological polar surface area (TPSA) is 55.5 Å². The lowest BCUT2D eigenvalue weighted by Gasteiger charge is -2.09. The van der Waals surface area contributed by atoms with Gasteiger partial charge < -0.3 is 15.6 Å². The number of hydrogen-bond donors (Lipinski definition) is 2. The van der Waals surface area contributed by atoms with Crippen molar-refractivity contribution in [3.8, 4) is 5.75 Å². The third kappa shape index (κ3) is 3.38. The standard InChI is InChI=1S/C11H16ClNO2/c1-15-7-8-5-9(3-2-4-13)11(14)10(12)6-8/h5-6,14H,2-4,7,13H2,1H3. The molecule has 84 valence electrons. The molecule has 1 rings (SSSR count). The molecule has 0 atom stereocenters. The Labute approximate surface area is 94.8 Å². The predicted molar refractivity (Wildman–Crippen MR) is 61.2 cm³/mol. The predicted octanol–water partition coefficient (Wildman–Crippen LogP) is 2.08. The molecule has 0 spiro atoms. The Balaban J connectivity index is 2.91. The van der Waals surface area contributed by atoms with Gasteiger partial charge in [-0.25, -0.2) is 0 Å². The fraction of sp³-hybridized carbons (Fsp3) is 0.455. The van der Waals surface area contributed by atoms with E-state index < -0.39 is 0 Å². The molecule has 0 amide bonds. The first-order valence-electron chi connectivity index (χ1n) is 4.88. The van der Waals surface area contributed by atoms with Crippen molar-refractivity contribution in [1.82, 2.24) is 0 Å². The summed E-state index contributed by atoms with van der Waals surface area (Å²) in [4.78, 5) is 0. The van der Waals surface area contributed by atoms with E-state index in [1.807, 2.05) is 6.07 Å². The Morgan fingerprint density at radius 3 is 2.80 bits per heavy atom. The van der Waals surface area contributed by atoms with Crippen LogP contribution in [0.4, 0.5) is 0 Å². The maximum atomic E-state index is 9.70. The van der Waals surface area contributed by atoms with Crippen LogP contribution in [-0.4, -0.2) is 18.8 Å². The number of halogens is 1. The van der Waals surface area contributed by atoms with Gasteiger partial charge in [0, 0.05) is 7.11 Å². The third-order valence-corrected chi connectivity index (χ3v) is 2.45. The molecule has 15 heavy (non-hydrogen) atoms. The van der Waals surface area contributed by atoms with Gasteiger partial charge in [0.1, 0.15) is 5.75 Å². The van der Waals surface area contributed by atoms with Crippen LogP contribution in [0.3, 0.4) is 0 Å². The van der Waals surface area contributed by atoms with Gasteiger partial charge in [0.15, 0.2) is 0 Å². The summed E-state index contributed by atoms with van der Waals surface area (Å²) < 4.78 is 5.02. The van der Waals surface area contributed by atoms with Crippen LogP contribution in [0.1, 0.15) is 17.5 Å². The molecule has 0 fully saturated rings. The largest absolute Gasteiger partial charge is 0.506 e. The smallest absolute Gasteiger partial charge is 0.137 e. The number of rotatable bonds is 5. The molecule has 0 aromatic heterocycles. The number of benzene rings is 1. The van der Waals surface area contributed by atoms with E-state index in [2.05, 4.69) is 0 Å². The fourth-order valence-electron chi connectivity index (χ4n) is 1.45. The number of aromatic hydroxyl groups is 1. The van der Waals surface area contributed by atoms with Crippen LogP contribution < -0.4 is 5.73 Å². The zero-order chi connectivity index (χ0) is 11.3. The average Bonchev–Trinajstić information content (AvgIpc) is 2.21. The Kier molecular flexibility index (Phi) is 4.88. The Bertz CT molecular complexity index is 329. The molecule has 1 aromatic rings. The highest BCUT2D eigenvalue weighted by molar-refractivity contribution is 6.32. The minimum Gasteiger partial charge on any atom is -0.506 e. The zero-order valence-electron chi connectivity index (χ0n) is 8.79. The molecule has 0 aliphatic rings. The highest BCUT2D eigenvalue weighted by atomic mass is 35.5. The number of aryl methyl sites for hydroxylation is 1. The van der Waals surface area contributed by atoms with E-state index in [1.54, 1.807) is 13.2 Å². The Morgan fingerprint density at radius 2 is 2.20 bits per heavy atom. The normalized spacial score (nSPS) is 10.6. The first-order chi connectivity index (χ1) is 7.19. The molecular formula is C11H16ClNO2. The summed E-state index contributed by atoms with van der Waals surface area (Å²) >= 11 is 5.90. The minimum atomic E-state index is 0.157. The number of ether oxygens (including phenoxy) is 1. The van der Waals surface area contributed by atoms with Gasteiger partial charge in [-0.05, 0) is 42.6 Å². The Hall–Kier alpha value is -0.770. The van der Waals surface area contributed by atoms with Crippen LogP contribution in [0.2, 0.25) is 5.02 Å². The lowest BCUT2D eigenvalue weighted by atomic mass is 10.1. The van der Waals surface area contributed by atoms with Crippen LogP contribution in [0.25, 0.3) is 0 Å². The summed E-state index contributed by atoms with van der Waals surface area (Å²) in [6, 6.07) is 3.62. The monoisotopic (exact) mass is 229 g/mol. The van der Waals surface area contributed by atoms with E-state index in [-0.39, 0.29) is 5.75 Å². The second-order valence-corrected chi connectivity index (χ2v) is 3.82. The summed E-state index contributed by atoms with van der Waals surface area (Å²) in [5, 5.41) is 10.1. The van der Waals surface area contributed by atoms with Gasteiger partial charge in [-0.2, -0.15) is 0 Å². The van der Waals surface area contributed by atoms with Crippen LogP contribution in [-0.2, 0) is 17.8 Å². The van der Waals surface area contributed by atoms with Crippen molar-refractivity contribution in [3.63, 3.8) is 0 Å². The first-order valence-corrected chi connectivity index (χ1v) is 5.26. The van der Waals surface area contributed by atoms with Crippen LogP contribution in [0.15, 0.2) is 12.1 Å². The van der Waals surface area contributed by atoms with E-state index in [1.165, 1.54) is 0 Å². The molecular weight excluding hydrogens is 214 g/mol. The van der Waals surface area contributed by atoms with Gasteiger partial charge in [0.2, 0.25) is 0 Å². The second kappa shape index (κ2) is 5.95. The Morgan fingerprint density at radius 1 is 1.47 bits per heavy atom. The molecule has 0 bridgehead atoms. The summed E-state index contributed by atoms with van der Waals surface area (Å²) in [6.07, 6.45) is 1.57. The molecule has 0 heterocycles. The van der Waals surface area contributed by atoms with Crippen molar-refractivity contribution < 1.29 is 9.84 Å². The summed E-state index contributed by atoms with van der Waals surface area (Å²) in [5.41, 5.74) is 7.22. The molecule has 1 aromatic carbocycles. The van der Waals surface area contributed by atoms with Crippen LogP contribution in [0.5, 0.6) is 5.75 Å². The highest BCUT2D eigenvalue weighted by Crippen LogP contribution is 2.30. The van der Waals surface area contributed by atoms with Gasteiger partial charge in [0.25, 0.3) is 0 Å². The van der Waals surface area contributed by atoms with Crippen molar-refractivity contribution in [2.45, 2.75) is 19.4 Å². The van der Waals surface area contributed by atoms with E-state index in [0.29, 0.717) is 18.2 Å². The van der Waals surface area contributed by atoms with Crippen LogP contribution >= 0.6 is 11.6 Å². The molecule has 4 heteroatoms. The molecule has 0 saturated carbocycles. The van der Waals surface area contributed by atoms with Crippen molar-refractivity contribution >= 4 is 11.6 Å². The van der Waals surface area contributed by atoms with Crippen LogP contribution in [0, 0.1) is 0 Å². The molecule has 3 N–H and O–H groups in total. The quantitative estimate of drug-likeness (QED) is 0.813. The molecule has 0 aliphatic heterocycles. The van der Waals surface area contributed by atoms with Crippen molar-refractivity contribution in [1.29, 1.82) is 0 Å². The summed E-state index contributed by atoms with van der Waals surface area (Å²) in [6.45, 7) is 1.10. The second-order valence-electron chi connectivity index (χ2n) is 3.41. The minimum absolute atomic E-state index is 0.157. The van der Waals surface area contributed by atoms with Crippen molar-refractivity contribution in [2.24, 2.45) is 5.73 Å². The average molecular weight is 230 g/mol. The van der Waals surface area contributed by atoms with Gasteiger partial charge in [-0.15, -0.1) is 0 Å². The summed E-state index contributed by atoms with van der Waals surface area (Å²) in [5.74, 6) is 0.157. The third-order valence-electron chi connectivity index (χ3n) is 2.16. The lowest BCUT2D eigenvalue weighted by Crippen LogP contribution is -2.01. The van der Waals surface area contributed by atoms with E-state index in [9.17, 15) is 5.11 Å². The fourth-order valence-corrected chi connectivity index (χ4v) is 1.71. The number of phenols is 1. The van der Waals surface area contributed by atoms with E-state index in [0.717, 1.165) is 24.0 Å². The number of hydrogen-bond acceptors (Lipinski definition) is 3. The maximum Gasteiger partial charge on any atom is 0.137 e. The lowest BCUT2D eigenvalue weighted by molar-refractivity contribution is 0.185. The molecule has 0 unspecified atom stereocenters. The highest BCUT2D eigenvalue weighted by Gasteiger charge is 2.08. The maximum absolute atomic E-state index is 9.70. The van der Waals surface area contributed by atoms with Gasteiger partial charge in [-0.3, -0.25) is 0 Å². The molecule has 0 saturated heterocycles. The van der Waals surface area contributed by atoms with E-state index >= 15 is 0 Å². The molecule has 0 radical (unpaired) electrons. The van der Waals surface area contributed by atoms with Crippen molar-refractivity contribution in [3.05, 3.63) is 28.3 Å². The van der Waals surface area contributed by atoms with E-state index in [4.69, 9.17) is 22.1 Å². The molecule has 0 aliphatic carbocycles. The molecule has 3 nitrogen and oxygen atoms in total. The van der Waals surface area contributed by atoms with Gasteiger partial charge in [0.05, 0.1) is 11.6 Å². The van der Waals surface area contributed by atoms with Gasteiger partial charge >= 0.3 is 0 Å². The number of nitrogens with two attached hydrogens (primary N) is 1. The number of methoxy groups -OCH3 is 1. The first kappa shape index (κ1) is 12.3. The number of phenolic OH excluding ortho intramolecular Hbond substituents is 1. The SMILES string of the molecule is COCc1cc(Cl)c(O)c(CCCN)c1. The summed E-state index contributed by atoms with van der Waals surface area (Å²) in [7, 11) is 1.63.